The molecule has 102 valence electrons. The van der Waals surface area contributed by atoms with Gasteiger partial charge < -0.3 is 4.74 Å². The Bertz CT molecular complexity index is 607. The van der Waals surface area contributed by atoms with Crippen LogP contribution in [0, 0.1) is 0 Å². The summed E-state index contributed by atoms with van der Waals surface area (Å²) in [4.78, 5) is 9.28. The second-order valence-corrected chi connectivity index (χ2v) is 4.94. The molecule has 3 rings (SSSR count). The SMILES string of the molecule is CCCc1cccc(C2=N[C@H](c3ccccc3)CO2)n1. The predicted molar refractivity (Wildman–Crippen MR) is 79.9 cm³/mol. The summed E-state index contributed by atoms with van der Waals surface area (Å²) in [7, 11) is 0. The summed E-state index contributed by atoms with van der Waals surface area (Å²) < 4.78 is 5.73. The van der Waals surface area contributed by atoms with Gasteiger partial charge in [0.05, 0.1) is 0 Å². The largest absolute Gasteiger partial charge is 0.474 e. The maximum atomic E-state index is 5.73. The van der Waals surface area contributed by atoms with Crippen molar-refractivity contribution in [1.82, 2.24) is 4.98 Å². The van der Waals surface area contributed by atoms with Crippen molar-refractivity contribution in [3.05, 3.63) is 65.5 Å². The Morgan fingerprint density at radius 2 is 1.95 bits per heavy atom. The zero-order chi connectivity index (χ0) is 13.8. The third-order valence-corrected chi connectivity index (χ3v) is 3.37. The van der Waals surface area contributed by atoms with Crippen molar-refractivity contribution in [2.45, 2.75) is 25.8 Å². The number of hydrogen-bond acceptors (Lipinski definition) is 3. The van der Waals surface area contributed by atoms with Crippen molar-refractivity contribution in [3.8, 4) is 0 Å². The van der Waals surface area contributed by atoms with E-state index in [2.05, 4.69) is 35.1 Å². The quantitative estimate of drug-likeness (QED) is 0.848. The average Bonchev–Trinajstić information content (AvgIpc) is 2.99. The fourth-order valence-electron chi connectivity index (χ4n) is 2.35. The first-order valence-corrected chi connectivity index (χ1v) is 7.08. The molecule has 0 saturated carbocycles. The van der Waals surface area contributed by atoms with E-state index in [0.29, 0.717) is 12.5 Å². The Hall–Kier alpha value is -2.16. The van der Waals surface area contributed by atoms with E-state index in [4.69, 9.17) is 4.74 Å². The number of aromatic nitrogens is 1. The lowest BCUT2D eigenvalue weighted by atomic mass is 10.1. The van der Waals surface area contributed by atoms with Gasteiger partial charge in [0, 0.05) is 5.69 Å². The number of aryl methyl sites for hydroxylation is 1. The van der Waals surface area contributed by atoms with E-state index < -0.39 is 0 Å². The van der Waals surface area contributed by atoms with Crippen LogP contribution in [0.25, 0.3) is 0 Å². The molecule has 20 heavy (non-hydrogen) atoms. The first kappa shape index (κ1) is 12.9. The zero-order valence-corrected chi connectivity index (χ0v) is 11.6. The third kappa shape index (κ3) is 2.72. The lowest BCUT2D eigenvalue weighted by Gasteiger charge is -2.03. The highest BCUT2D eigenvalue weighted by Crippen LogP contribution is 2.24. The highest BCUT2D eigenvalue weighted by molar-refractivity contribution is 5.93. The summed E-state index contributed by atoms with van der Waals surface area (Å²) in [6.07, 6.45) is 2.08. The van der Waals surface area contributed by atoms with Crippen LogP contribution >= 0.6 is 0 Å². The first-order valence-electron chi connectivity index (χ1n) is 7.08. The van der Waals surface area contributed by atoms with Crippen molar-refractivity contribution in [2.75, 3.05) is 6.61 Å². The monoisotopic (exact) mass is 266 g/mol. The molecule has 0 saturated heterocycles. The minimum absolute atomic E-state index is 0.0860. The van der Waals surface area contributed by atoms with Gasteiger partial charge in [-0.2, -0.15) is 0 Å². The van der Waals surface area contributed by atoms with E-state index in [1.807, 2.05) is 30.3 Å². The highest BCUT2D eigenvalue weighted by atomic mass is 16.5. The molecule has 0 N–H and O–H groups in total. The molecular formula is C17H18N2O. The second-order valence-electron chi connectivity index (χ2n) is 4.94. The topological polar surface area (TPSA) is 34.5 Å². The van der Waals surface area contributed by atoms with Crippen molar-refractivity contribution >= 4 is 5.90 Å². The fraction of sp³-hybridized carbons (Fsp3) is 0.294. The Balaban J connectivity index is 1.83. The number of benzene rings is 1. The van der Waals surface area contributed by atoms with Crippen LogP contribution in [-0.2, 0) is 11.2 Å². The van der Waals surface area contributed by atoms with Crippen LogP contribution < -0.4 is 0 Å². The Morgan fingerprint density at radius 3 is 2.75 bits per heavy atom. The number of aliphatic imine (C=N–C) groups is 1. The smallest absolute Gasteiger partial charge is 0.236 e. The van der Waals surface area contributed by atoms with E-state index in [9.17, 15) is 0 Å². The summed E-state index contributed by atoms with van der Waals surface area (Å²) in [6, 6.07) is 16.4. The molecule has 3 heteroatoms. The van der Waals surface area contributed by atoms with Crippen molar-refractivity contribution in [1.29, 1.82) is 0 Å². The molecule has 0 fully saturated rings. The second kappa shape index (κ2) is 5.87. The molecule has 1 aliphatic rings. The normalized spacial score (nSPS) is 17.6. The van der Waals surface area contributed by atoms with Gasteiger partial charge in [-0.25, -0.2) is 9.98 Å². The van der Waals surface area contributed by atoms with Gasteiger partial charge in [-0.05, 0) is 24.1 Å². The summed E-state index contributed by atoms with van der Waals surface area (Å²) in [6.45, 7) is 2.75. The third-order valence-electron chi connectivity index (χ3n) is 3.37. The van der Waals surface area contributed by atoms with Crippen LogP contribution in [-0.4, -0.2) is 17.5 Å². The van der Waals surface area contributed by atoms with E-state index in [-0.39, 0.29) is 6.04 Å². The summed E-state index contributed by atoms with van der Waals surface area (Å²) >= 11 is 0. The van der Waals surface area contributed by atoms with Gasteiger partial charge in [0.15, 0.2) is 0 Å². The fourth-order valence-corrected chi connectivity index (χ4v) is 2.35. The number of pyridine rings is 1. The highest BCUT2D eigenvalue weighted by Gasteiger charge is 2.22. The van der Waals surface area contributed by atoms with Gasteiger partial charge in [-0.15, -0.1) is 0 Å². The molecule has 1 aromatic heterocycles. The van der Waals surface area contributed by atoms with E-state index in [1.165, 1.54) is 5.56 Å². The van der Waals surface area contributed by atoms with Gasteiger partial charge >= 0.3 is 0 Å². The number of hydrogen-bond donors (Lipinski definition) is 0. The van der Waals surface area contributed by atoms with Gasteiger partial charge in [0.2, 0.25) is 5.90 Å². The van der Waals surface area contributed by atoms with Crippen molar-refractivity contribution in [2.24, 2.45) is 4.99 Å². The van der Waals surface area contributed by atoms with Crippen molar-refractivity contribution in [3.63, 3.8) is 0 Å². The Morgan fingerprint density at radius 1 is 1.10 bits per heavy atom. The van der Waals surface area contributed by atoms with Gasteiger partial charge in [-0.1, -0.05) is 49.7 Å². The first-order chi connectivity index (χ1) is 9.86. The molecule has 0 amide bonds. The molecule has 1 aliphatic heterocycles. The molecule has 3 nitrogen and oxygen atoms in total. The molecule has 1 atom stereocenters. The molecule has 2 aromatic rings. The van der Waals surface area contributed by atoms with Crippen LogP contribution in [0.2, 0.25) is 0 Å². The minimum atomic E-state index is 0.0860. The van der Waals surface area contributed by atoms with Crippen molar-refractivity contribution < 1.29 is 4.74 Å². The maximum absolute atomic E-state index is 5.73. The lowest BCUT2D eigenvalue weighted by Crippen LogP contribution is -2.05. The lowest BCUT2D eigenvalue weighted by molar-refractivity contribution is 0.319. The van der Waals surface area contributed by atoms with E-state index in [1.54, 1.807) is 0 Å². The molecule has 0 spiro atoms. The summed E-state index contributed by atoms with van der Waals surface area (Å²) in [5.41, 5.74) is 3.13. The minimum Gasteiger partial charge on any atom is -0.474 e. The van der Waals surface area contributed by atoms with Gasteiger partial charge in [-0.3, -0.25) is 0 Å². The summed E-state index contributed by atoms with van der Waals surface area (Å²) in [5, 5.41) is 0. The number of ether oxygens (including phenoxy) is 1. The Labute approximate surface area is 119 Å². The molecule has 0 radical (unpaired) electrons. The van der Waals surface area contributed by atoms with E-state index in [0.717, 1.165) is 24.2 Å². The standard InChI is InChI=1S/C17H18N2O/c1-2-7-14-10-6-11-15(18-14)17-19-16(12-20-17)13-8-4-3-5-9-13/h3-6,8-11,16H,2,7,12H2,1H3/t16-/m0/s1. The average molecular weight is 266 g/mol. The number of nitrogens with zero attached hydrogens (tertiary/aromatic N) is 2. The maximum Gasteiger partial charge on any atom is 0.236 e. The van der Waals surface area contributed by atoms with Gasteiger partial charge in [0.25, 0.3) is 0 Å². The Kier molecular flexibility index (Phi) is 3.77. The van der Waals surface area contributed by atoms with Crippen LogP contribution in [0.4, 0.5) is 0 Å². The zero-order valence-electron chi connectivity index (χ0n) is 11.6. The van der Waals surface area contributed by atoms with E-state index >= 15 is 0 Å². The van der Waals surface area contributed by atoms with Crippen LogP contribution in [0.1, 0.15) is 36.3 Å². The van der Waals surface area contributed by atoms with Gasteiger partial charge in [0.1, 0.15) is 18.3 Å². The predicted octanol–water partition coefficient (Wildman–Crippen LogP) is 3.55. The molecule has 0 unspecified atom stereocenters. The number of rotatable bonds is 4. The van der Waals surface area contributed by atoms with Crippen LogP contribution in [0.5, 0.6) is 0 Å². The molecule has 2 heterocycles. The molecular weight excluding hydrogens is 248 g/mol. The van der Waals surface area contributed by atoms with Crippen LogP contribution in [0.15, 0.2) is 53.5 Å². The summed E-state index contributed by atoms with van der Waals surface area (Å²) in [5.74, 6) is 0.664. The molecule has 1 aromatic carbocycles. The molecule has 0 aliphatic carbocycles. The van der Waals surface area contributed by atoms with Crippen LogP contribution in [0.3, 0.4) is 0 Å². The molecule has 0 bridgehead atoms.